The van der Waals surface area contributed by atoms with E-state index in [4.69, 9.17) is 0 Å². The Balaban J connectivity index is 1.40. The van der Waals surface area contributed by atoms with Crippen LogP contribution in [-0.2, 0) is 6.54 Å². The van der Waals surface area contributed by atoms with Crippen LogP contribution in [0.3, 0.4) is 0 Å². The lowest BCUT2D eigenvalue weighted by Crippen LogP contribution is -2.46. The van der Waals surface area contributed by atoms with Crippen LogP contribution in [0.15, 0.2) is 60.8 Å². The van der Waals surface area contributed by atoms with Crippen LogP contribution in [0, 0.1) is 11.2 Å². The first-order valence-corrected chi connectivity index (χ1v) is 9.09. The van der Waals surface area contributed by atoms with Gasteiger partial charge in [-0.1, -0.05) is 36.4 Å². The van der Waals surface area contributed by atoms with Crippen LogP contribution in [0.2, 0.25) is 0 Å². The lowest BCUT2D eigenvalue weighted by atomic mass is 9.60. The fraction of sp³-hybridized carbons (Fsp3) is 0.318. The average Bonchev–Trinajstić information content (AvgIpc) is 2.64. The van der Waals surface area contributed by atoms with Crippen molar-refractivity contribution in [3.63, 3.8) is 0 Å². The second-order valence-corrected chi connectivity index (χ2v) is 7.42. The van der Waals surface area contributed by atoms with E-state index in [1.807, 2.05) is 18.2 Å². The van der Waals surface area contributed by atoms with E-state index in [9.17, 15) is 9.50 Å². The van der Waals surface area contributed by atoms with Gasteiger partial charge in [-0.3, -0.25) is 4.98 Å². The molecule has 1 saturated carbocycles. The van der Waals surface area contributed by atoms with Gasteiger partial charge in [0.1, 0.15) is 5.82 Å². The van der Waals surface area contributed by atoms with Crippen LogP contribution in [0.25, 0.3) is 10.9 Å². The molecule has 0 spiro atoms. The number of aromatic nitrogens is 1. The molecule has 1 aliphatic rings. The third-order valence-electron chi connectivity index (χ3n) is 5.53. The third-order valence-corrected chi connectivity index (χ3v) is 5.53. The monoisotopic (exact) mass is 350 g/mol. The van der Waals surface area contributed by atoms with Crippen molar-refractivity contribution >= 4 is 10.9 Å². The summed E-state index contributed by atoms with van der Waals surface area (Å²) < 4.78 is 13.8. The Morgan fingerprint density at radius 3 is 2.69 bits per heavy atom. The summed E-state index contributed by atoms with van der Waals surface area (Å²) in [5.41, 5.74) is 2.94. The van der Waals surface area contributed by atoms with Crippen molar-refractivity contribution < 1.29 is 9.50 Å². The summed E-state index contributed by atoms with van der Waals surface area (Å²) in [6.07, 6.45) is 3.68. The highest BCUT2D eigenvalue weighted by Gasteiger charge is 2.43. The van der Waals surface area contributed by atoms with E-state index >= 15 is 0 Å². The summed E-state index contributed by atoms with van der Waals surface area (Å²) in [5, 5.41) is 14.1. The van der Waals surface area contributed by atoms with Gasteiger partial charge < -0.3 is 10.4 Å². The lowest BCUT2D eigenvalue weighted by molar-refractivity contribution is 0.0253. The minimum Gasteiger partial charge on any atom is -0.396 e. The van der Waals surface area contributed by atoms with Crippen LogP contribution in [0.1, 0.15) is 29.9 Å². The lowest BCUT2D eigenvalue weighted by Gasteiger charge is -2.47. The summed E-state index contributed by atoms with van der Waals surface area (Å²) in [6.45, 7) is 1.44. The molecule has 1 aromatic heterocycles. The molecule has 0 aliphatic heterocycles. The number of halogens is 1. The zero-order valence-electron chi connectivity index (χ0n) is 14.7. The normalized spacial score (nSPS) is 22.3. The molecule has 3 aromatic rings. The Hall–Kier alpha value is -2.30. The molecule has 4 rings (SSSR count). The summed E-state index contributed by atoms with van der Waals surface area (Å²) in [6, 6.07) is 17.2. The van der Waals surface area contributed by atoms with Crippen LogP contribution >= 0.6 is 0 Å². The number of rotatable bonds is 6. The fourth-order valence-corrected chi connectivity index (χ4v) is 4.10. The average molecular weight is 350 g/mol. The highest BCUT2D eigenvalue weighted by Crippen LogP contribution is 2.50. The second kappa shape index (κ2) is 7.14. The first-order chi connectivity index (χ1) is 12.7. The maximum Gasteiger partial charge on any atom is 0.124 e. The van der Waals surface area contributed by atoms with Gasteiger partial charge >= 0.3 is 0 Å². The SMILES string of the molecule is OCC1(CNCc2cc(F)cc3cccnc23)CC(c2ccccc2)C1. The molecule has 0 atom stereocenters. The first kappa shape index (κ1) is 17.1. The minimum absolute atomic E-state index is 0.0862. The number of pyridine rings is 1. The Morgan fingerprint density at radius 2 is 1.92 bits per heavy atom. The van der Waals surface area contributed by atoms with Gasteiger partial charge in [-0.05, 0) is 48.1 Å². The Labute approximate surface area is 152 Å². The number of aliphatic hydroxyl groups is 1. The molecule has 2 aromatic carbocycles. The second-order valence-electron chi connectivity index (χ2n) is 7.42. The molecule has 0 unspecified atom stereocenters. The van der Waals surface area contributed by atoms with E-state index in [0.29, 0.717) is 12.5 Å². The summed E-state index contributed by atoms with van der Waals surface area (Å²) >= 11 is 0. The van der Waals surface area contributed by atoms with E-state index in [2.05, 4.69) is 34.6 Å². The van der Waals surface area contributed by atoms with Crippen molar-refractivity contribution in [1.29, 1.82) is 0 Å². The van der Waals surface area contributed by atoms with Crippen LogP contribution in [0.4, 0.5) is 4.39 Å². The Bertz CT molecular complexity index is 891. The largest absolute Gasteiger partial charge is 0.396 e. The van der Waals surface area contributed by atoms with Gasteiger partial charge in [0.2, 0.25) is 0 Å². The van der Waals surface area contributed by atoms with Gasteiger partial charge in [-0.25, -0.2) is 4.39 Å². The molecule has 1 aliphatic carbocycles. The zero-order chi connectivity index (χ0) is 18.0. The molecule has 0 radical (unpaired) electrons. The highest BCUT2D eigenvalue weighted by molar-refractivity contribution is 5.81. The van der Waals surface area contributed by atoms with E-state index in [1.54, 1.807) is 12.3 Å². The molecule has 1 heterocycles. The van der Waals surface area contributed by atoms with Crippen molar-refractivity contribution in [3.05, 3.63) is 77.7 Å². The number of hydrogen-bond donors (Lipinski definition) is 2. The number of aliphatic hydroxyl groups excluding tert-OH is 1. The molecule has 134 valence electrons. The van der Waals surface area contributed by atoms with E-state index in [0.717, 1.165) is 35.9 Å². The highest BCUT2D eigenvalue weighted by atomic mass is 19.1. The number of benzene rings is 2. The van der Waals surface area contributed by atoms with Crippen molar-refractivity contribution in [1.82, 2.24) is 10.3 Å². The van der Waals surface area contributed by atoms with Crippen LogP contribution < -0.4 is 5.32 Å². The fourth-order valence-electron chi connectivity index (χ4n) is 4.10. The molecule has 0 amide bonds. The smallest absolute Gasteiger partial charge is 0.124 e. The minimum atomic E-state index is -0.244. The molecular weight excluding hydrogens is 327 g/mol. The first-order valence-electron chi connectivity index (χ1n) is 9.09. The van der Waals surface area contributed by atoms with Gasteiger partial charge in [-0.15, -0.1) is 0 Å². The predicted octanol–water partition coefficient (Wildman–Crippen LogP) is 4.02. The van der Waals surface area contributed by atoms with E-state index < -0.39 is 0 Å². The van der Waals surface area contributed by atoms with Crippen molar-refractivity contribution in [2.24, 2.45) is 5.41 Å². The number of nitrogens with zero attached hydrogens (tertiary/aromatic N) is 1. The van der Waals surface area contributed by atoms with Crippen molar-refractivity contribution in [3.8, 4) is 0 Å². The summed E-state index contributed by atoms with van der Waals surface area (Å²) in [7, 11) is 0. The Morgan fingerprint density at radius 1 is 1.12 bits per heavy atom. The van der Waals surface area contributed by atoms with Crippen LogP contribution in [-0.4, -0.2) is 23.2 Å². The van der Waals surface area contributed by atoms with Gasteiger partial charge in [-0.2, -0.15) is 0 Å². The molecule has 0 bridgehead atoms. The van der Waals surface area contributed by atoms with Gasteiger partial charge in [0.15, 0.2) is 0 Å². The molecular formula is C22H23FN2O. The number of hydrogen-bond acceptors (Lipinski definition) is 3. The number of fused-ring (bicyclic) bond motifs is 1. The molecule has 1 fully saturated rings. The quantitative estimate of drug-likeness (QED) is 0.706. The summed E-state index contributed by atoms with van der Waals surface area (Å²) in [4.78, 5) is 4.39. The van der Waals surface area contributed by atoms with E-state index in [-0.39, 0.29) is 17.8 Å². The van der Waals surface area contributed by atoms with Crippen molar-refractivity contribution in [2.75, 3.05) is 13.2 Å². The van der Waals surface area contributed by atoms with E-state index in [1.165, 1.54) is 11.6 Å². The maximum absolute atomic E-state index is 13.8. The molecule has 4 heteroatoms. The molecule has 2 N–H and O–H groups in total. The Kier molecular flexibility index (Phi) is 4.70. The third kappa shape index (κ3) is 3.35. The predicted molar refractivity (Wildman–Crippen MR) is 101 cm³/mol. The molecule has 0 saturated heterocycles. The number of nitrogens with one attached hydrogen (secondary N) is 1. The van der Waals surface area contributed by atoms with Crippen molar-refractivity contribution in [2.45, 2.75) is 25.3 Å². The maximum atomic E-state index is 13.8. The topological polar surface area (TPSA) is 45.1 Å². The van der Waals surface area contributed by atoms with Crippen LogP contribution in [0.5, 0.6) is 0 Å². The zero-order valence-corrected chi connectivity index (χ0v) is 14.7. The van der Waals surface area contributed by atoms with Gasteiger partial charge in [0.25, 0.3) is 0 Å². The standard InChI is InChI=1S/C22H23FN2O/c23-20-9-17-7-4-8-25-21(17)18(10-20)13-24-14-22(15-26)11-19(12-22)16-5-2-1-3-6-16/h1-10,19,24,26H,11-15H2. The van der Waals surface area contributed by atoms with Gasteiger partial charge in [0, 0.05) is 36.7 Å². The molecule has 3 nitrogen and oxygen atoms in total. The molecule has 26 heavy (non-hydrogen) atoms. The summed E-state index contributed by atoms with van der Waals surface area (Å²) in [5.74, 6) is 0.272. The van der Waals surface area contributed by atoms with Gasteiger partial charge in [0.05, 0.1) is 5.52 Å².